The average Bonchev–Trinajstić information content (AvgIpc) is 3.93. The lowest BCUT2D eigenvalue weighted by molar-refractivity contribution is 0.394. The van der Waals surface area contributed by atoms with E-state index in [4.69, 9.17) is 28.4 Å². The molecule has 0 N–H and O–H groups in total. The van der Waals surface area contributed by atoms with Crippen molar-refractivity contribution in [3.63, 3.8) is 0 Å². The molecule has 10 rings (SSSR count). The number of rotatable bonds is 6. The highest BCUT2D eigenvalue weighted by atomic mass is 16.5. The Labute approximate surface area is 263 Å². The van der Waals surface area contributed by atoms with Gasteiger partial charge in [-0.15, -0.1) is 0 Å². The van der Waals surface area contributed by atoms with E-state index in [0.29, 0.717) is 0 Å². The summed E-state index contributed by atoms with van der Waals surface area (Å²) in [5.41, 5.74) is 17.2. The predicted molar refractivity (Wildman–Crippen MR) is 170 cm³/mol. The first-order valence-corrected chi connectivity index (χ1v) is 16.1. The molecule has 0 aliphatic heterocycles. The summed E-state index contributed by atoms with van der Waals surface area (Å²) in [6, 6.07) is 12.6. The fourth-order valence-corrected chi connectivity index (χ4v) is 11.1. The van der Waals surface area contributed by atoms with E-state index in [2.05, 4.69) is 36.4 Å². The van der Waals surface area contributed by atoms with Crippen LogP contribution in [-0.2, 0) is 0 Å². The molecular weight excluding hydrogens is 564 g/mol. The van der Waals surface area contributed by atoms with Crippen LogP contribution in [0.5, 0.6) is 34.5 Å². The molecular formula is C39H36O6. The van der Waals surface area contributed by atoms with E-state index in [0.717, 1.165) is 53.8 Å². The molecule has 4 aromatic carbocycles. The normalized spacial score (nSPS) is 25.7. The van der Waals surface area contributed by atoms with Crippen LogP contribution in [0.2, 0.25) is 0 Å². The van der Waals surface area contributed by atoms with Gasteiger partial charge < -0.3 is 28.4 Å². The molecule has 6 atom stereocenters. The molecule has 228 valence electrons. The van der Waals surface area contributed by atoms with Crippen molar-refractivity contribution < 1.29 is 28.4 Å². The van der Waals surface area contributed by atoms with Crippen molar-refractivity contribution >= 4 is 0 Å². The SMILES string of the molecule is COc1ccc(OC)c2c1[C@H]1C[C@@H]2c2c1c1c(c3c2[C@@H]2C[C@H]3c3c(OC)ccc(OC)c32)[C@H]2C[C@@H]1c1c(OC)ccc(OC)c12. The van der Waals surface area contributed by atoms with Crippen molar-refractivity contribution in [2.24, 2.45) is 0 Å². The third-order valence-electron chi connectivity index (χ3n) is 12.3. The van der Waals surface area contributed by atoms with Crippen LogP contribution in [-0.4, -0.2) is 42.7 Å². The topological polar surface area (TPSA) is 55.4 Å². The first-order chi connectivity index (χ1) is 22.1. The van der Waals surface area contributed by atoms with Crippen LogP contribution >= 0.6 is 0 Å². The minimum atomic E-state index is 0.273. The van der Waals surface area contributed by atoms with Crippen molar-refractivity contribution in [1.29, 1.82) is 0 Å². The summed E-state index contributed by atoms with van der Waals surface area (Å²) in [7, 11) is 10.8. The third-order valence-corrected chi connectivity index (χ3v) is 12.3. The van der Waals surface area contributed by atoms with E-state index in [-0.39, 0.29) is 35.5 Å². The van der Waals surface area contributed by atoms with Crippen LogP contribution in [0.1, 0.15) is 122 Å². The zero-order valence-electron chi connectivity index (χ0n) is 26.5. The number of hydrogen-bond donors (Lipinski definition) is 0. The second-order valence-electron chi connectivity index (χ2n) is 13.4. The molecule has 6 aliphatic rings. The Bertz CT molecular complexity index is 1620. The molecule has 4 aromatic rings. The minimum absolute atomic E-state index is 0.273. The Kier molecular flexibility index (Phi) is 5.01. The van der Waals surface area contributed by atoms with Gasteiger partial charge in [-0.25, -0.2) is 0 Å². The minimum Gasteiger partial charge on any atom is -0.496 e. The van der Waals surface area contributed by atoms with Gasteiger partial charge in [0.1, 0.15) is 34.5 Å². The van der Waals surface area contributed by atoms with E-state index < -0.39 is 0 Å². The first kappa shape index (κ1) is 26.0. The maximum absolute atomic E-state index is 6.05. The van der Waals surface area contributed by atoms with Crippen molar-refractivity contribution in [2.75, 3.05) is 42.7 Å². The van der Waals surface area contributed by atoms with E-state index in [9.17, 15) is 0 Å². The van der Waals surface area contributed by atoms with Crippen LogP contribution in [0.15, 0.2) is 36.4 Å². The van der Waals surface area contributed by atoms with Gasteiger partial charge in [-0.1, -0.05) is 0 Å². The Hall–Kier alpha value is -4.32. The molecule has 45 heavy (non-hydrogen) atoms. The highest BCUT2D eigenvalue weighted by Gasteiger charge is 2.59. The van der Waals surface area contributed by atoms with E-state index >= 15 is 0 Å². The monoisotopic (exact) mass is 600 g/mol. The van der Waals surface area contributed by atoms with Crippen LogP contribution in [0.4, 0.5) is 0 Å². The van der Waals surface area contributed by atoms with E-state index in [1.807, 2.05) is 0 Å². The summed E-state index contributed by atoms with van der Waals surface area (Å²) in [5.74, 6) is 7.46. The maximum atomic E-state index is 6.05. The summed E-state index contributed by atoms with van der Waals surface area (Å²) in [6.45, 7) is 0. The predicted octanol–water partition coefficient (Wildman–Crippen LogP) is 7.68. The highest BCUT2D eigenvalue weighted by molar-refractivity contribution is 5.82. The zero-order chi connectivity index (χ0) is 30.5. The summed E-state index contributed by atoms with van der Waals surface area (Å²) in [4.78, 5) is 0. The molecule has 0 spiro atoms. The average molecular weight is 601 g/mol. The number of fused-ring (bicyclic) bond motifs is 27. The van der Waals surface area contributed by atoms with Gasteiger partial charge in [-0.2, -0.15) is 0 Å². The van der Waals surface area contributed by atoms with Gasteiger partial charge >= 0.3 is 0 Å². The lowest BCUT2D eigenvalue weighted by Gasteiger charge is -2.36. The Balaban J connectivity index is 1.31. The first-order valence-electron chi connectivity index (χ1n) is 16.1. The van der Waals surface area contributed by atoms with Crippen molar-refractivity contribution in [3.8, 4) is 34.5 Å². The van der Waals surface area contributed by atoms with E-state index in [1.165, 1.54) is 33.4 Å². The second kappa shape index (κ2) is 8.68. The number of hydrogen-bond acceptors (Lipinski definition) is 6. The number of methoxy groups -OCH3 is 6. The van der Waals surface area contributed by atoms with Gasteiger partial charge in [0.15, 0.2) is 0 Å². The highest BCUT2D eigenvalue weighted by Crippen LogP contribution is 2.75. The quantitative estimate of drug-likeness (QED) is 0.226. The van der Waals surface area contributed by atoms with Gasteiger partial charge in [0.05, 0.1) is 42.7 Å². The van der Waals surface area contributed by atoms with Crippen LogP contribution in [0.25, 0.3) is 0 Å². The summed E-state index contributed by atoms with van der Waals surface area (Å²) >= 11 is 0. The van der Waals surface area contributed by atoms with Crippen molar-refractivity contribution in [2.45, 2.75) is 54.8 Å². The molecule has 0 heterocycles. The van der Waals surface area contributed by atoms with Gasteiger partial charge in [-0.3, -0.25) is 0 Å². The second-order valence-corrected chi connectivity index (χ2v) is 13.4. The molecule has 6 aliphatic carbocycles. The van der Waals surface area contributed by atoms with Crippen LogP contribution in [0, 0.1) is 0 Å². The molecule has 6 heteroatoms. The maximum Gasteiger partial charge on any atom is 0.123 e. The zero-order valence-corrected chi connectivity index (χ0v) is 26.5. The third kappa shape index (κ3) is 2.77. The lowest BCUT2D eigenvalue weighted by Crippen LogP contribution is -2.20. The Morgan fingerprint density at radius 1 is 0.289 bits per heavy atom. The van der Waals surface area contributed by atoms with Gasteiger partial charge in [0.25, 0.3) is 0 Å². The van der Waals surface area contributed by atoms with E-state index in [1.54, 1.807) is 76.0 Å². The molecule has 0 fully saturated rings. The van der Waals surface area contributed by atoms with Gasteiger partial charge in [0.2, 0.25) is 0 Å². The molecule has 6 nitrogen and oxygen atoms in total. The number of ether oxygens (including phenoxy) is 6. The summed E-state index contributed by atoms with van der Waals surface area (Å²) in [5, 5.41) is 0. The largest absolute Gasteiger partial charge is 0.496 e. The summed E-state index contributed by atoms with van der Waals surface area (Å²) < 4.78 is 36.3. The molecule has 0 aromatic heterocycles. The van der Waals surface area contributed by atoms with Gasteiger partial charge in [-0.05, 0) is 89.0 Å². The van der Waals surface area contributed by atoms with Crippen LogP contribution in [0.3, 0.4) is 0 Å². The molecule has 0 saturated carbocycles. The van der Waals surface area contributed by atoms with Crippen molar-refractivity contribution in [3.05, 3.63) is 103 Å². The molecule has 0 amide bonds. The Morgan fingerprint density at radius 3 is 0.578 bits per heavy atom. The molecule has 0 saturated heterocycles. The standard InChI is InChI=1S/C39H36O6/c1-40-22-7-8-23(41-2)29-17-13-16(28(22)29)34-35(17)37-19-15-21(33-27(45-6)12-11-25(43-4)31(19)33)39(37)38-20-14-18(36(34)38)30-24(42-3)9-10-26(44-5)32(20)30/h7-12,16-21H,13-15H2,1-6H3/t16-,17+,18-,19-,20+,21+. The molecule has 6 bridgehead atoms. The summed E-state index contributed by atoms with van der Waals surface area (Å²) in [6.07, 6.45) is 3.18. The molecule has 0 unspecified atom stereocenters. The fraction of sp³-hybridized carbons (Fsp3) is 0.385. The molecule has 0 radical (unpaired) electrons. The Morgan fingerprint density at radius 2 is 0.444 bits per heavy atom. The fourth-order valence-electron chi connectivity index (χ4n) is 11.1. The van der Waals surface area contributed by atoms with Gasteiger partial charge in [0, 0.05) is 68.9 Å². The van der Waals surface area contributed by atoms with Crippen molar-refractivity contribution in [1.82, 2.24) is 0 Å². The smallest absolute Gasteiger partial charge is 0.123 e. The lowest BCUT2D eigenvalue weighted by atomic mass is 9.68. The van der Waals surface area contributed by atoms with Crippen LogP contribution < -0.4 is 28.4 Å². The number of benzene rings is 4.